The zero-order valence-electron chi connectivity index (χ0n) is 25.2. The van der Waals surface area contributed by atoms with E-state index in [1.54, 1.807) is 13.8 Å². The number of ether oxygens (including phenoxy) is 2. The van der Waals surface area contributed by atoms with E-state index in [0.29, 0.717) is 11.5 Å². The van der Waals surface area contributed by atoms with Gasteiger partial charge in [-0.25, -0.2) is 0 Å². The molecule has 0 aromatic heterocycles. The molecule has 1 aliphatic carbocycles. The normalized spacial score (nSPS) is 14.2. The summed E-state index contributed by atoms with van der Waals surface area (Å²) in [5, 5.41) is 20.4. The molecule has 2 N–H and O–H groups in total. The molecule has 0 radical (unpaired) electrons. The van der Waals surface area contributed by atoms with Gasteiger partial charge in [-0.05, 0) is 82.6 Å². The summed E-state index contributed by atoms with van der Waals surface area (Å²) in [4.78, 5) is 0. The standard InChI is InChI=1S/C41H34O4/c1-27(42)44-39-23-21-31(25-35(39)29-13-5-3-6-14-29)41(37-19-11-9-17-33(37)34-18-10-12-20-38(34)41)32-22-24-40(45-28(2)43)36(26-32)30-15-7-4-8-16-30/h3-28,42-43H,1-2H3. The lowest BCUT2D eigenvalue weighted by Gasteiger charge is -2.35. The lowest BCUT2D eigenvalue weighted by molar-refractivity contribution is -0.000429. The summed E-state index contributed by atoms with van der Waals surface area (Å²) in [5.74, 6) is 1.22. The average Bonchev–Trinajstić information content (AvgIpc) is 3.37. The van der Waals surface area contributed by atoms with Crippen LogP contribution in [-0.2, 0) is 5.41 Å². The Morgan fingerprint density at radius 1 is 0.444 bits per heavy atom. The number of hydrogen-bond donors (Lipinski definition) is 2. The number of fused-ring (bicyclic) bond motifs is 3. The van der Waals surface area contributed by atoms with E-state index in [4.69, 9.17) is 9.47 Å². The second kappa shape index (κ2) is 11.7. The van der Waals surface area contributed by atoms with Crippen LogP contribution in [0.5, 0.6) is 11.5 Å². The summed E-state index contributed by atoms with van der Waals surface area (Å²) in [6.07, 6.45) is -1.93. The van der Waals surface area contributed by atoms with Crippen LogP contribution in [0.4, 0.5) is 0 Å². The van der Waals surface area contributed by atoms with E-state index in [9.17, 15) is 10.2 Å². The van der Waals surface area contributed by atoms with E-state index < -0.39 is 18.0 Å². The molecule has 4 nitrogen and oxygen atoms in total. The first-order valence-electron chi connectivity index (χ1n) is 15.3. The number of benzene rings is 6. The zero-order chi connectivity index (χ0) is 31.0. The first kappa shape index (κ1) is 28.6. The maximum absolute atomic E-state index is 10.2. The maximum atomic E-state index is 10.2. The van der Waals surface area contributed by atoms with Crippen molar-refractivity contribution in [3.05, 3.63) is 168 Å². The Balaban J connectivity index is 1.57. The summed E-state index contributed by atoms with van der Waals surface area (Å²) < 4.78 is 11.9. The van der Waals surface area contributed by atoms with Gasteiger partial charge in [0.15, 0.2) is 12.6 Å². The Morgan fingerprint density at radius 3 is 1.22 bits per heavy atom. The molecule has 6 aromatic carbocycles. The Morgan fingerprint density at radius 2 is 0.822 bits per heavy atom. The molecule has 0 bridgehead atoms. The van der Waals surface area contributed by atoms with Crippen LogP contribution in [0.1, 0.15) is 36.1 Å². The number of aliphatic hydroxyl groups excluding tert-OH is 2. The van der Waals surface area contributed by atoms with Gasteiger partial charge in [0.25, 0.3) is 0 Å². The van der Waals surface area contributed by atoms with Gasteiger partial charge < -0.3 is 19.7 Å². The van der Waals surface area contributed by atoms with Crippen LogP contribution in [0.15, 0.2) is 146 Å². The van der Waals surface area contributed by atoms with Crippen molar-refractivity contribution in [1.82, 2.24) is 0 Å². The van der Waals surface area contributed by atoms with Gasteiger partial charge in [-0.2, -0.15) is 0 Å². The maximum Gasteiger partial charge on any atom is 0.194 e. The molecule has 0 heterocycles. The van der Waals surface area contributed by atoms with Gasteiger partial charge in [0.05, 0.1) is 5.41 Å². The second-order valence-corrected chi connectivity index (χ2v) is 11.4. The molecule has 1 aliphatic rings. The van der Waals surface area contributed by atoms with Crippen LogP contribution < -0.4 is 9.47 Å². The van der Waals surface area contributed by atoms with Gasteiger partial charge >= 0.3 is 0 Å². The van der Waals surface area contributed by atoms with E-state index in [1.165, 1.54) is 22.3 Å². The highest BCUT2D eigenvalue weighted by atomic mass is 16.6. The highest BCUT2D eigenvalue weighted by Crippen LogP contribution is 2.57. The third-order valence-electron chi connectivity index (χ3n) is 8.54. The Kier molecular flexibility index (Phi) is 7.46. The molecule has 222 valence electrons. The van der Waals surface area contributed by atoms with Crippen molar-refractivity contribution < 1.29 is 19.7 Å². The van der Waals surface area contributed by atoms with Crippen LogP contribution in [0.3, 0.4) is 0 Å². The third-order valence-corrected chi connectivity index (χ3v) is 8.54. The monoisotopic (exact) mass is 590 g/mol. The fraction of sp³-hybridized carbons (Fsp3) is 0.122. The van der Waals surface area contributed by atoms with E-state index in [-0.39, 0.29) is 0 Å². The minimum Gasteiger partial charge on any atom is -0.465 e. The predicted octanol–water partition coefficient (Wildman–Crippen LogP) is 8.82. The van der Waals surface area contributed by atoms with Gasteiger partial charge in [0.2, 0.25) is 0 Å². The molecule has 0 aliphatic heterocycles. The smallest absolute Gasteiger partial charge is 0.194 e. The second-order valence-electron chi connectivity index (χ2n) is 11.4. The molecule has 4 heteroatoms. The van der Waals surface area contributed by atoms with Crippen LogP contribution in [0.2, 0.25) is 0 Å². The predicted molar refractivity (Wildman–Crippen MR) is 179 cm³/mol. The van der Waals surface area contributed by atoms with Gasteiger partial charge in [-0.3, -0.25) is 0 Å². The quantitative estimate of drug-likeness (QED) is 0.174. The molecule has 0 spiro atoms. The molecule has 7 rings (SSSR count). The summed E-state index contributed by atoms with van der Waals surface area (Å²) in [6, 6.07) is 50.1. The molecular weight excluding hydrogens is 556 g/mol. The fourth-order valence-electron chi connectivity index (χ4n) is 6.81. The van der Waals surface area contributed by atoms with Crippen molar-refractivity contribution in [1.29, 1.82) is 0 Å². The summed E-state index contributed by atoms with van der Waals surface area (Å²) in [7, 11) is 0. The summed E-state index contributed by atoms with van der Waals surface area (Å²) in [6.45, 7) is 3.24. The van der Waals surface area contributed by atoms with Crippen molar-refractivity contribution in [3.8, 4) is 44.9 Å². The topological polar surface area (TPSA) is 58.9 Å². The van der Waals surface area contributed by atoms with Gasteiger partial charge in [-0.15, -0.1) is 0 Å². The van der Waals surface area contributed by atoms with Gasteiger partial charge in [0, 0.05) is 11.1 Å². The molecule has 45 heavy (non-hydrogen) atoms. The van der Waals surface area contributed by atoms with Crippen molar-refractivity contribution in [2.24, 2.45) is 0 Å². The molecule has 0 saturated carbocycles. The van der Waals surface area contributed by atoms with Crippen molar-refractivity contribution in [2.75, 3.05) is 0 Å². The molecule has 2 unspecified atom stereocenters. The minimum atomic E-state index is -0.963. The Labute approximate surface area is 263 Å². The highest BCUT2D eigenvalue weighted by molar-refractivity contribution is 5.88. The van der Waals surface area contributed by atoms with Crippen molar-refractivity contribution >= 4 is 0 Å². The molecule has 0 saturated heterocycles. The summed E-state index contributed by atoms with van der Waals surface area (Å²) >= 11 is 0. The number of hydrogen-bond acceptors (Lipinski definition) is 4. The molecule has 6 aromatic rings. The van der Waals surface area contributed by atoms with Crippen LogP contribution >= 0.6 is 0 Å². The minimum absolute atomic E-state index is 0.611. The Hall–Kier alpha value is -5.16. The van der Waals surface area contributed by atoms with Gasteiger partial charge in [-0.1, -0.05) is 121 Å². The highest BCUT2D eigenvalue weighted by Gasteiger charge is 2.46. The largest absolute Gasteiger partial charge is 0.465 e. The molecular formula is C41H34O4. The van der Waals surface area contributed by atoms with Crippen LogP contribution in [0.25, 0.3) is 33.4 Å². The van der Waals surface area contributed by atoms with E-state index in [1.807, 2.05) is 48.5 Å². The fourth-order valence-corrected chi connectivity index (χ4v) is 6.81. The number of rotatable bonds is 8. The van der Waals surface area contributed by atoms with E-state index >= 15 is 0 Å². The molecule has 0 fully saturated rings. The molecule has 2 atom stereocenters. The SMILES string of the molecule is CC(O)Oc1ccc(C2(c3ccc(OC(C)O)c(-c4ccccc4)c3)c3ccccc3-c3ccccc32)cc1-c1ccccc1. The average molecular weight is 591 g/mol. The van der Waals surface area contributed by atoms with Gasteiger partial charge in [0.1, 0.15) is 11.5 Å². The first-order valence-corrected chi connectivity index (χ1v) is 15.3. The van der Waals surface area contributed by atoms with Crippen molar-refractivity contribution in [3.63, 3.8) is 0 Å². The van der Waals surface area contributed by atoms with E-state index in [0.717, 1.165) is 33.4 Å². The lowest BCUT2D eigenvalue weighted by Crippen LogP contribution is -2.29. The van der Waals surface area contributed by atoms with Crippen molar-refractivity contribution in [2.45, 2.75) is 31.8 Å². The summed E-state index contributed by atoms with van der Waals surface area (Å²) in [5.41, 5.74) is 9.96. The van der Waals surface area contributed by atoms with E-state index in [2.05, 4.69) is 97.1 Å². The zero-order valence-corrected chi connectivity index (χ0v) is 25.2. The molecule has 0 amide bonds. The third kappa shape index (κ3) is 4.98. The number of aliphatic hydroxyl groups is 2. The lowest BCUT2D eigenvalue weighted by atomic mass is 9.67. The van der Waals surface area contributed by atoms with Crippen LogP contribution in [0, 0.1) is 0 Å². The first-order chi connectivity index (χ1) is 22.0. The Bertz CT molecular complexity index is 1820. The van der Waals surface area contributed by atoms with Crippen LogP contribution in [-0.4, -0.2) is 22.8 Å².